The Hall–Kier alpha value is -4.00. The van der Waals surface area contributed by atoms with E-state index in [9.17, 15) is 44.3 Å². The summed E-state index contributed by atoms with van der Waals surface area (Å²) >= 11 is 12.5. The molecular formula is C38H24BClF9IN9NaO5S6. The zero-order valence-corrected chi connectivity index (χ0v) is 45.4. The summed E-state index contributed by atoms with van der Waals surface area (Å²) in [6.45, 7) is 0. The van der Waals surface area contributed by atoms with Crippen LogP contribution in [0.15, 0.2) is 89.6 Å². The molecule has 0 saturated heterocycles. The molecule has 0 aromatic carbocycles. The van der Waals surface area contributed by atoms with Gasteiger partial charge in [-0.1, -0.05) is 17.7 Å². The number of nitrogens with one attached hydrogen (secondary N) is 1. The smallest absolute Gasteiger partial charge is 1.00 e. The normalized spacial score (nSPS) is 11.1. The van der Waals surface area contributed by atoms with Crippen LogP contribution in [0.5, 0.6) is 11.8 Å². The quantitative estimate of drug-likeness (QED) is 0.0821. The largest absolute Gasteiger partial charge is 1.00 e. The van der Waals surface area contributed by atoms with Crippen molar-refractivity contribution < 1.29 is 113 Å². The molecule has 0 bridgehead atoms. The van der Waals surface area contributed by atoms with E-state index >= 15 is 0 Å². The van der Waals surface area contributed by atoms with E-state index in [1.165, 1.54) is 60.4 Å². The zero-order valence-electron chi connectivity index (χ0n) is 35.5. The maximum Gasteiger partial charge on any atom is 1.00 e. The van der Waals surface area contributed by atoms with Crippen molar-refractivity contribution in [1.29, 1.82) is 0 Å². The van der Waals surface area contributed by atoms with Crippen LogP contribution < -0.4 is 74.0 Å². The zero-order chi connectivity index (χ0) is 50.1. The Morgan fingerprint density at radius 2 is 1.01 bits per heavy atom. The summed E-state index contributed by atoms with van der Waals surface area (Å²) in [6, 6.07) is 9.59. The second-order valence-electron chi connectivity index (χ2n) is 12.7. The SMILES string of the molecule is COc1cc(-c2ccsc2)nc(-c2nc(C(F)(F)F)cs2)n1.COc1cc(Cl)nc(-c2nc(C(F)(F)F)cs2)n1.O=c1cc(-c2ccsc2)nc(-c2nc(C(F)(F)F)cs2)[nH]1.OB(O)c1ccsc1.[I-].[Na+]. The molecule has 3 N–H and O–H groups in total. The topological polar surface area (TPSA) is 195 Å². The molecule has 0 atom stereocenters. The van der Waals surface area contributed by atoms with Crippen LogP contribution in [0.1, 0.15) is 17.1 Å². The molecular weight excluding hydrogens is 1220 g/mol. The minimum atomic E-state index is -4.51. The van der Waals surface area contributed by atoms with Gasteiger partial charge in [0.05, 0.1) is 25.6 Å². The first-order valence-electron chi connectivity index (χ1n) is 18.3. The maximum atomic E-state index is 12.6. The van der Waals surface area contributed by atoms with Crippen LogP contribution in [0.25, 0.3) is 55.0 Å². The first-order chi connectivity index (χ1) is 32.6. The Labute approximate surface area is 462 Å². The van der Waals surface area contributed by atoms with Crippen molar-refractivity contribution in [2.45, 2.75) is 18.5 Å². The third kappa shape index (κ3) is 17.0. The standard InChI is InChI=1S/C13H8F3N3OS2.C12H6F3N3OS2.C9H5ClF3N3OS.C4H5BO2S.HI.Na/c1-20-10-4-8(7-2-3-21-5-7)17-11(19-10)12-18-9(6-22-12)13(14,15)16;13-12(14,15)8-5-21-11(17-8)10-16-7(3-9(19)18-10)6-1-2-20-4-6;1-17-6-2-5(10)15-7(16-6)8-14-4(3-18-8)9(11,12)13;6-5(7)4-1-2-8-3-4;;/h2-6H,1H3;1-5H,(H,16,18,19);2-3H,1H3;1-3,6-7H;1H;/q;;;;;+1/p-1. The molecule has 0 aliphatic heterocycles. The number of rotatable bonds is 8. The summed E-state index contributed by atoms with van der Waals surface area (Å²) in [6.07, 6.45) is -13.5. The molecule has 9 aromatic heterocycles. The molecule has 0 fully saturated rings. The minimum absolute atomic E-state index is 0. The van der Waals surface area contributed by atoms with Crippen LogP contribution >= 0.6 is 79.6 Å². The summed E-state index contributed by atoms with van der Waals surface area (Å²) in [7, 11) is 1.50. The number of thiophene rings is 3. The summed E-state index contributed by atoms with van der Waals surface area (Å²) in [5, 5.41) is 30.8. The average Bonchev–Trinajstić information content (AvgIpc) is 4.16. The van der Waals surface area contributed by atoms with Gasteiger partial charge in [0.15, 0.2) is 49.6 Å². The summed E-state index contributed by atoms with van der Waals surface area (Å²) in [4.78, 5) is 44.7. The van der Waals surface area contributed by atoms with Crippen molar-refractivity contribution in [3.8, 4) is 66.8 Å². The van der Waals surface area contributed by atoms with Gasteiger partial charge in [0.25, 0.3) is 5.56 Å². The molecule has 71 heavy (non-hydrogen) atoms. The molecule has 0 aliphatic rings. The minimum Gasteiger partial charge on any atom is -1.00 e. The van der Waals surface area contributed by atoms with Crippen LogP contribution in [0.2, 0.25) is 5.15 Å². The van der Waals surface area contributed by atoms with Crippen LogP contribution in [0.4, 0.5) is 39.5 Å². The first kappa shape index (κ1) is 59.6. The number of H-pyrrole nitrogens is 1. The number of thiazole rings is 3. The molecule has 0 saturated carbocycles. The van der Waals surface area contributed by atoms with Crippen LogP contribution in [-0.2, 0) is 18.5 Å². The number of aromatic nitrogens is 9. The van der Waals surface area contributed by atoms with Gasteiger partial charge in [0.1, 0.15) is 5.15 Å². The van der Waals surface area contributed by atoms with Gasteiger partial charge in [-0.25, -0.2) is 29.9 Å². The van der Waals surface area contributed by atoms with Crippen molar-refractivity contribution >= 4 is 92.2 Å². The molecule has 14 nitrogen and oxygen atoms in total. The molecule has 0 radical (unpaired) electrons. The van der Waals surface area contributed by atoms with Gasteiger partial charge in [0.2, 0.25) is 11.8 Å². The number of alkyl halides is 9. The van der Waals surface area contributed by atoms with E-state index in [0.717, 1.165) is 61.3 Å². The van der Waals surface area contributed by atoms with Crippen molar-refractivity contribution in [3.63, 3.8) is 0 Å². The van der Waals surface area contributed by atoms with Gasteiger partial charge in [-0.3, -0.25) is 4.79 Å². The predicted octanol–water partition coefficient (Wildman–Crippen LogP) is 4.71. The Morgan fingerprint density at radius 3 is 1.42 bits per heavy atom. The second-order valence-corrected chi connectivity index (χ2v) is 18.0. The molecule has 0 spiro atoms. The van der Waals surface area contributed by atoms with Crippen LogP contribution in [0, 0.1) is 0 Å². The van der Waals surface area contributed by atoms with Gasteiger partial charge >= 0.3 is 55.2 Å². The molecule has 33 heteroatoms. The number of hydrogen-bond donors (Lipinski definition) is 3. The molecule has 0 aliphatic carbocycles. The predicted molar refractivity (Wildman–Crippen MR) is 246 cm³/mol. The molecule has 0 unspecified atom stereocenters. The fourth-order valence-corrected chi connectivity index (χ4v) is 9.27. The van der Waals surface area contributed by atoms with E-state index in [1.807, 2.05) is 22.2 Å². The third-order valence-electron chi connectivity index (χ3n) is 7.98. The fraction of sp³-hybridized carbons (Fsp3) is 0.132. The number of ether oxygens (including phenoxy) is 2. The Morgan fingerprint density at radius 1 is 0.577 bits per heavy atom. The summed E-state index contributed by atoms with van der Waals surface area (Å²) in [5.41, 5.74) is -0.239. The molecule has 9 heterocycles. The van der Waals surface area contributed by atoms with Crippen molar-refractivity contribution in [1.82, 2.24) is 44.9 Å². The molecule has 9 aromatic rings. The summed E-state index contributed by atoms with van der Waals surface area (Å²) in [5.74, 6) is 0.578. The van der Waals surface area contributed by atoms with Crippen molar-refractivity contribution in [3.05, 3.63) is 117 Å². The van der Waals surface area contributed by atoms with Gasteiger partial charge in [-0.05, 0) is 39.1 Å². The Kier molecular flexibility index (Phi) is 22.1. The number of halogens is 11. The monoisotopic (exact) mass is 1240 g/mol. The van der Waals surface area contributed by atoms with E-state index < -0.39 is 48.3 Å². The first-order valence-corrected chi connectivity index (χ1v) is 24.1. The van der Waals surface area contributed by atoms with Gasteiger partial charge in [-0.2, -0.15) is 83.5 Å². The maximum absolute atomic E-state index is 12.6. The Balaban J connectivity index is 0.000000212. The number of methoxy groups -OCH3 is 2. The third-order valence-corrected chi connectivity index (χ3v) is 12.8. The Bertz CT molecular complexity index is 3130. The van der Waals surface area contributed by atoms with Gasteiger partial charge < -0.3 is 48.5 Å². The van der Waals surface area contributed by atoms with Crippen molar-refractivity contribution in [2.75, 3.05) is 14.2 Å². The number of aromatic amines is 1. The number of hydrogen-bond acceptors (Lipinski definition) is 19. The van der Waals surface area contributed by atoms with E-state index in [4.69, 9.17) is 31.1 Å². The van der Waals surface area contributed by atoms with E-state index in [1.54, 1.807) is 34.3 Å². The average molecular weight is 1250 g/mol. The molecule has 9 rings (SSSR count). The molecule has 0 amide bonds. The second kappa shape index (κ2) is 26.3. The van der Waals surface area contributed by atoms with Gasteiger partial charge in [0, 0.05) is 56.2 Å². The van der Waals surface area contributed by atoms with Crippen LogP contribution in [-0.4, -0.2) is 76.2 Å². The molecule has 368 valence electrons. The fourth-order valence-electron chi connectivity index (χ4n) is 4.85. The summed E-state index contributed by atoms with van der Waals surface area (Å²) < 4.78 is 123. The van der Waals surface area contributed by atoms with E-state index in [-0.39, 0.29) is 103 Å². The van der Waals surface area contributed by atoms with E-state index in [0.29, 0.717) is 16.9 Å². The van der Waals surface area contributed by atoms with Crippen LogP contribution in [0.3, 0.4) is 0 Å². The van der Waals surface area contributed by atoms with E-state index in [2.05, 4.69) is 44.9 Å². The van der Waals surface area contributed by atoms with Gasteiger partial charge in [-0.15, -0.1) is 34.0 Å². The van der Waals surface area contributed by atoms with Crippen molar-refractivity contribution in [2.24, 2.45) is 0 Å². The number of nitrogens with zero attached hydrogens (tertiary/aromatic N) is 8.